The summed E-state index contributed by atoms with van der Waals surface area (Å²) in [5.74, 6) is 1.24. The lowest BCUT2D eigenvalue weighted by Gasteiger charge is -2.07. The van der Waals surface area contributed by atoms with Gasteiger partial charge in [-0.3, -0.25) is 15.1 Å². The number of benzene rings is 1. The molecule has 154 valence electrons. The lowest BCUT2D eigenvalue weighted by Crippen LogP contribution is -2.00. The molecule has 0 saturated heterocycles. The van der Waals surface area contributed by atoms with Gasteiger partial charge in [0.05, 0.1) is 27.0 Å². The SMILES string of the molecule is Cc1ccc(Oc2ccnc3cc(-c4ccc(CNc5ccn[nH]5)cn4)sc23)c(F)c1. The van der Waals surface area contributed by atoms with Crippen LogP contribution in [0.25, 0.3) is 20.8 Å². The van der Waals surface area contributed by atoms with Gasteiger partial charge in [0.2, 0.25) is 0 Å². The van der Waals surface area contributed by atoms with E-state index in [2.05, 4.69) is 25.5 Å². The number of aromatic amines is 1. The first-order valence-corrected chi connectivity index (χ1v) is 10.5. The number of nitrogens with zero attached hydrogens (tertiary/aromatic N) is 3. The Bertz CT molecular complexity index is 1330. The zero-order chi connectivity index (χ0) is 21.2. The van der Waals surface area contributed by atoms with Crippen LogP contribution < -0.4 is 10.1 Å². The van der Waals surface area contributed by atoms with Gasteiger partial charge >= 0.3 is 0 Å². The highest BCUT2D eigenvalue weighted by atomic mass is 32.1. The fourth-order valence-corrected chi connectivity index (χ4v) is 4.20. The summed E-state index contributed by atoms with van der Waals surface area (Å²) in [7, 11) is 0. The smallest absolute Gasteiger partial charge is 0.165 e. The summed E-state index contributed by atoms with van der Waals surface area (Å²) >= 11 is 1.52. The molecule has 0 unspecified atom stereocenters. The van der Waals surface area contributed by atoms with E-state index in [4.69, 9.17) is 4.74 Å². The molecule has 0 saturated carbocycles. The zero-order valence-corrected chi connectivity index (χ0v) is 17.4. The second-order valence-electron chi connectivity index (χ2n) is 7.05. The number of aryl methyl sites for hydroxylation is 1. The van der Waals surface area contributed by atoms with Gasteiger partial charge in [-0.1, -0.05) is 12.1 Å². The van der Waals surface area contributed by atoms with Crippen molar-refractivity contribution in [3.63, 3.8) is 0 Å². The van der Waals surface area contributed by atoms with Crippen molar-refractivity contribution in [2.45, 2.75) is 13.5 Å². The molecule has 0 fully saturated rings. The van der Waals surface area contributed by atoms with Crippen LogP contribution in [-0.4, -0.2) is 20.2 Å². The summed E-state index contributed by atoms with van der Waals surface area (Å²) in [4.78, 5) is 10.00. The van der Waals surface area contributed by atoms with Gasteiger partial charge in [-0.05, 0) is 48.4 Å². The van der Waals surface area contributed by atoms with Gasteiger partial charge in [-0.25, -0.2) is 4.39 Å². The monoisotopic (exact) mass is 431 g/mol. The number of anilines is 1. The average molecular weight is 431 g/mol. The van der Waals surface area contributed by atoms with Gasteiger partial charge in [-0.15, -0.1) is 11.3 Å². The fourth-order valence-electron chi connectivity index (χ4n) is 3.15. The molecular weight excluding hydrogens is 413 g/mol. The van der Waals surface area contributed by atoms with Crippen molar-refractivity contribution in [1.82, 2.24) is 20.2 Å². The third-order valence-electron chi connectivity index (χ3n) is 4.74. The quantitative estimate of drug-likeness (QED) is 0.348. The number of rotatable bonds is 6. The molecular formula is C23H18FN5OS. The summed E-state index contributed by atoms with van der Waals surface area (Å²) in [6.07, 6.45) is 5.21. The molecule has 0 amide bonds. The Hall–Kier alpha value is -3.78. The number of halogens is 1. The van der Waals surface area contributed by atoms with Crippen molar-refractivity contribution in [1.29, 1.82) is 0 Å². The van der Waals surface area contributed by atoms with E-state index < -0.39 is 0 Å². The molecule has 8 heteroatoms. The van der Waals surface area contributed by atoms with Crippen LogP contribution in [0.4, 0.5) is 10.2 Å². The standard InChI is InChI=1S/C23H18FN5OS/c1-14-2-5-19(16(24)10-14)30-20-6-8-25-18-11-21(31-23(18)20)17-4-3-15(12-26-17)13-27-22-7-9-28-29-22/h2-12H,13H2,1H3,(H2,27,28,29). The first-order chi connectivity index (χ1) is 15.2. The van der Waals surface area contributed by atoms with E-state index in [1.165, 1.54) is 17.4 Å². The summed E-state index contributed by atoms with van der Waals surface area (Å²) in [5, 5.41) is 10.0. The van der Waals surface area contributed by atoms with E-state index in [9.17, 15) is 4.39 Å². The molecule has 0 aliphatic heterocycles. The van der Waals surface area contributed by atoms with Crippen molar-refractivity contribution in [3.05, 3.63) is 84.1 Å². The lowest BCUT2D eigenvalue weighted by atomic mass is 10.2. The topological polar surface area (TPSA) is 75.7 Å². The fraction of sp³-hybridized carbons (Fsp3) is 0.0870. The van der Waals surface area contributed by atoms with Gasteiger partial charge in [0.25, 0.3) is 0 Å². The molecule has 31 heavy (non-hydrogen) atoms. The van der Waals surface area contributed by atoms with Crippen LogP contribution in [0.2, 0.25) is 0 Å². The molecule has 6 nitrogen and oxygen atoms in total. The number of ether oxygens (including phenoxy) is 1. The Labute approximate surface area is 181 Å². The van der Waals surface area contributed by atoms with Gasteiger partial charge in [0.15, 0.2) is 11.6 Å². The van der Waals surface area contributed by atoms with Crippen molar-refractivity contribution < 1.29 is 9.13 Å². The van der Waals surface area contributed by atoms with Crippen molar-refractivity contribution in [2.75, 3.05) is 5.32 Å². The Morgan fingerprint density at radius 3 is 2.74 bits per heavy atom. The summed E-state index contributed by atoms with van der Waals surface area (Å²) in [6, 6.07) is 14.5. The van der Waals surface area contributed by atoms with Crippen LogP contribution >= 0.6 is 11.3 Å². The predicted octanol–water partition coefficient (Wildman–Crippen LogP) is 5.93. The Balaban J connectivity index is 1.39. The third kappa shape index (κ3) is 4.10. The molecule has 4 heterocycles. The average Bonchev–Trinajstić information content (AvgIpc) is 3.45. The maximum Gasteiger partial charge on any atom is 0.165 e. The van der Waals surface area contributed by atoms with Crippen LogP contribution in [0, 0.1) is 12.7 Å². The lowest BCUT2D eigenvalue weighted by molar-refractivity contribution is 0.446. The first-order valence-electron chi connectivity index (χ1n) is 9.67. The Morgan fingerprint density at radius 2 is 1.97 bits per heavy atom. The van der Waals surface area contributed by atoms with E-state index in [0.29, 0.717) is 12.3 Å². The number of fused-ring (bicyclic) bond motifs is 1. The molecule has 2 N–H and O–H groups in total. The van der Waals surface area contributed by atoms with Crippen LogP contribution in [0.1, 0.15) is 11.1 Å². The number of hydrogen-bond acceptors (Lipinski definition) is 6. The first kappa shape index (κ1) is 19.2. The molecule has 5 rings (SSSR count). The summed E-state index contributed by atoms with van der Waals surface area (Å²) in [6.45, 7) is 2.48. The molecule has 0 bridgehead atoms. The Morgan fingerprint density at radius 1 is 1.03 bits per heavy atom. The van der Waals surface area contributed by atoms with Crippen LogP contribution in [0.5, 0.6) is 11.5 Å². The van der Waals surface area contributed by atoms with Gasteiger partial charge in [-0.2, -0.15) is 5.10 Å². The minimum atomic E-state index is -0.386. The van der Waals surface area contributed by atoms with Crippen molar-refractivity contribution in [3.8, 4) is 22.1 Å². The highest BCUT2D eigenvalue weighted by Gasteiger charge is 2.13. The van der Waals surface area contributed by atoms with Crippen LogP contribution in [-0.2, 0) is 6.54 Å². The number of nitrogens with one attached hydrogen (secondary N) is 2. The maximum absolute atomic E-state index is 14.2. The molecule has 1 aromatic carbocycles. The highest BCUT2D eigenvalue weighted by Crippen LogP contribution is 2.39. The second kappa shape index (κ2) is 8.16. The van der Waals surface area contributed by atoms with Gasteiger partial charge in [0, 0.05) is 25.0 Å². The number of H-pyrrole nitrogens is 1. The summed E-state index contributed by atoms with van der Waals surface area (Å²) < 4.78 is 21.0. The molecule has 5 aromatic rings. The largest absolute Gasteiger partial charge is 0.453 e. The predicted molar refractivity (Wildman–Crippen MR) is 120 cm³/mol. The molecule has 0 atom stereocenters. The maximum atomic E-state index is 14.2. The molecule has 4 aromatic heterocycles. The normalized spacial score (nSPS) is 11.0. The summed E-state index contributed by atoms with van der Waals surface area (Å²) in [5.41, 5.74) is 3.53. The van der Waals surface area contributed by atoms with E-state index in [-0.39, 0.29) is 11.6 Å². The molecule has 0 aliphatic carbocycles. The van der Waals surface area contributed by atoms with E-state index in [0.717, 1.165) is 37.7 Å². The van der Waals surface area contributed by atoms with Crippen molar-refractivity contribution >= 4 is 27.4 Å². The molecule has 0 spiro atoms. The second-order valence-corrected chi connectivity index (χ2v) is 8.10. The molecule has 0 radical (unpaired) electrons. The van der Waals surface area contributed by atoms with Gasteiger partial charge < -0.3 is 10.1 Å². The zero-order valence-electron chi connectivity index (χ0n) is 16.6. The van der Waals surface area contributed by atoms with E-state index in [1.807, 2.05) is 43.5 Å². The van der Waals surface area contributed by atoms with E-state index in [1.54, 1.807) is 24.5 Å². The number of thiophene rings is 1. The minimum absolute atomic E-state index is 0.195. The van der Waals surface area contributed by atoms with Gasteiger partial charge in [0.1, 0.15) is 11.6 Å². The Kier molecular flexibility index (Phi) is 5.05. The number of aromatic nitrogens is 4. The number of hydrogen-bond donors (Lipinski definition) is 2. The highest BCUT2D eigenvalue weighted by molar-refractivity contribution is 7.22. The minimum Gasteiger partial charge on any atom is -0.453 e. The van der Waals surface area contributed by atoms with Crippen LogP contribution in [0.15, 0.2) is 67.1 Å². The molecule has 0 aliphatic rings. The van der Waals surface area contributed by atoms with E-state index >= 15 is 0 Å². The number of pyridine rings is 2. The van der Waals surface area contributed by atoms with Crippen molar-refractivity contribution in [2.24, 2.45) is 0 Å². The van der Waals surface area contributed by atoms with Crippen LogP contribution in [0.3, 0.4) is 0 Å². The third-order valence-corrected chi connectivity index (χ3v) is 5.91.